The number of rotatable bonds is 3. The van der Waals surface area contributed by atoms with Crippen LogP contribution in [0.25, 0.3) is 16.9 Å². The second kappa shape index (κ2) is 5.53. The monoisotopic (exact) mass is 302 g/mol. The Morgan fingerprint density at radius 3 is 2.65 bits per heavy atom. The number of hydrogen-bond acceptors (Lipinski definition) is 3. The number of aromatic amines is 1. The van der Waals surface area contributed by atoms with Crippen LogP contribution < -0.4 is 5.56 Å². The standard InChI is InChI=1S/C18H14N4O/c23-17-15-8-7-14(11-13-5-2-1-3-6-13)12-16(15)20-18(21-17)22-10-4-9-19-22/h1-10,12H,11H2,(H,20,21,23). The first-order chi connectivity index (χ1) is 11.3. The summed E-state index contributed by atoms with van der Waals surface area (Å²) in [5.41, 5.74) is 2.86. The molecule has 0 aliphatic rings. The van der Waals surface area contributed by atoms with E-state index in [1.165, 1.54) is 5.56 Å². The largest absolute Gasteiger partial charge is 0.290 e. The average molecular weight is 302 g/mol. The molecule has 112 valence electrons. The molecule has 5 nitrogen and oxygen atoms in total. The number of H-pyrrole nitrogens is 1. The van der Waals surface area contributed by atoms with Crippen molar-refractivity contribution in [1.29, 1.82) is 0 Å². The van der Waals surface area contributed by atoms with E-state index in [0.29, 0.717) is 16.9 Å². The van der Waals surface area contributed by atoms with E-state index in [1.54, 1.807) is 23.1 Å². The Morgan fingerprint density at radius 2 is 1.87 bits per heavy atom. The van der Waals surface area contributed by atoms with Crippen molar-refractivity contribution < 1.29 is 0 Å². The Labute approximate surface area is 132 Å². The first-order valence-electron chi connectivity index (χ1n) is 7.36. The zero-order valence-corrected chi connectivity index (χ0v) is 12.3. The summed E-state index contributed by atoms with van der Waals surface area (Å²) in [6, 6.07) is 17.8. The molecule has 0 fully saturated rings. The van der Waals surface area contributed by atoms with Crippen LogP contribution in [0.2, 0.25) is 0 Å². The van der Waals surface area contributed by atoms with Crippen LogP contribution >= 0.6 is 0 Å². The zero-order chi connectivity index (χ0) is 15.6. The van der Waals surface area contributed by atoms with Gasteiger partial charge in [0.25, 0.3) is 5.56 Å². The van der Waals surface area contributed by atoms with E-state index < -0.39 is 0 Å². The van der Waals surface area contributed by atoms with E-state index in [9.17, 15) is 4.79 Å². The van der Waals surface area contributed by atoms with Gasteiger partial charge in [-0.1, -0.05) is 36.4 Å². The molecule has 0 saturated heterocycles. The van der Waals surface area contributed by atoms with Crippen molar-refractivity contribution in [2.24, 2.45) is 0 Å². The molecule has 0 spiro atoms. The molecule has 0 bridgehead atoms. The van der Waals surface area contributed by atoms with Gasteiger partial charge in [0.15, 0.2) is 0 Å². The SMILES string of the molecule is O=c1[nH]c(-n2cccn2)nc2cc(Cc3ccccc3)ccc12. The van der Waals surface area contributed by atoms with E-state index >= 15 is 0 Å². The lowest BCUT2D eigenvalue weighted by Crippen LogP contribution is -2.14. The first kappa shape index (κ1) is 13.5. The minimum absolute atomic E-state index is 0.160. The smallest absolute Gasteiger partial charge is 0.260 e. The topological polar surface area (TPSA) is 63.6 Å². The molecule has 4 rings (SSSR count). The van der Waals surface area contributed by atoms with Crippen molar-refractivity contribution in [2.75, 3.05) is 0 Å². The van der Waals surface area contributed by atoms with Crippen LogP contribution in [-0.2, 0) is 6.42 Å². The maximum absolute atomic E-state index is 12.2. The van der Waals surface area contributed by atoms with Crippen molar-refractivity contribution in [2.45, 2.75) is 6.42 Å². The van der Waals surface area contributed by atoms with Crippen LogP contribution in [0.5, 0.6) is 0 Å². The van der Waals surface area contributed by atoms with Gasteiger partial charge >= 0.3 is 0 Å². The molecule has 4 aromatic rings. The Hall–Kier alpha value is -3.21. The summed E-state index contributed by atoms with van der Waals surface area (Å²) in [4.78, 5) is 19.5. The van der Waals surface area contributed by atoms with Crippen molar-refractivity contribution in [3.05, 3.63) is 88.5 Å². The fourth-order valence-electron chi connectivity index (χ4n) is 2.62. The number of benzene rings is 2. The van der Waals surface area contributed by atoms with Gasteiger partial charge in [0, 0.05) is 12.4 Å². The summed E-state index contributed by atoms with van der Waals surface area (Å²) >= 11 is 0. The molecule has 2 heterocycles. The lowest BCUT2D eigenvalue weighted by atomic mass is 10.0. The molecular weight excluding hydrogens is 288 g/mol. The molecule has 0 aliphatic heterocycles. The van der Waals surface area contributed by atoms with Crippen LogP contribution in [0.15, 0.2) is 71.8 Å². The van der Waals surface area contributed by atoms with Crippen LogP contribution in [-0.4, -0.2) is 19.7 Å². The fourth-order valence-corrected chi connectivity index (χ4v) is 2.62. The maximum atomic E-state index is 12.2. The van der Waals surface area contributed by atoms with Crippen LogP contribution in [0.3, 0.4) is 0 Å². The third kappa shape index (κ3) is 2.64. The molecule has 0 aliphatic carbocycles. The Balaban J connectivity index is 1.79. The lowest BCUT2D eigenvalue weighted by molar-refractivity contribution is 0.810. The molecule has 23 heavy (non-hydrogen) atoms. The van der Waals surface area contributed by atoms with E-state index in [1.807, 2.05) is 36.4 Å². The number of aromatic nitrogens is 4. The normalized spacial score (nSPS) is 11.0. The van der Waals surface area contributed by atoms with E-state index in [-0.39, 0.29) is 5.56 Å². The third-order valence-electron chi connectivity index (χ3n) is 3.73. The molecule has 0 radical (unpaired) electrons. The molecule has 5 heteroatoms. The van der Waals surface area contributed by atoms with Gasteiger partial charge in [0.05, 0.1) is 10.9 Å². The van der Waals surface area contributed by atoms with Gasteiger partial charge in [-0.2, -0.15) is 5.10 Å². The minimum atomic E-state index is -0.160. The summed E-state index contributed by atoms with van der Waals surface area (Å²) in [6.07, 6.45) is 4.20. The molecule has 2 aromatic carbocycles. The Bertz CT molecular complexity index is 1000. The van der Waals surface area contributed by atoms with Crippen LogP contribution in [0.4, 0.5) is 0 Å². The van der Waals surface area contributed by atoms with E-state index in [0.717, 1.165) is 12.0 Å². The Kier molecular flexibility index (Phi) is 3.24. The quantitative estimate of drug-likeness (QED) is 0.633. The highest BCUT2D eigenvalue weighted by Gasteiger charge is 2.07. The van der Waals surface area contributed by atoms with E-state index in [2.05, 4.69) is 27.2 Å². The number of hydrogen-bond donors (Lipinski definition) is 1. The van der Waals surface area contributed by atoms with Gasteiger partial charge in [-0.05, 0) is 35.7 Å². The molecule has 0 amide bonds. The maximum Gasteiger partial charge on any atom is 0.260 e. The van der Waals surface area contributed by atoms with Gasteiger partial charge in [-0.3, -0.25) is 9.78 Å². The second-order valence-corrected chi connectivity index (χ2v) is 5.35. The highest BCUT2D eigenvalue weighted by atomic mass is 16.1. The molecule has 0 saturated carbocycles. The second-order valence-electron chi connectivity index (χ2n) is 5.35. The molecule has 1 N–H and O–H groups in total. The van der Waals surface area contributed by atoms with Gasteiger partial charge < -0.3 is 0 Å². The van der Waals surface area contributed by atoms with Gasteiger partial charge in [0.1, 0.15) is 0 Å². The zero-order valence-electron chi connectivity index (χ0n) is 12.3. The average Bonchev–Trinajstić information content (AvgIpc) is 3.10. The molecule has 0 atom stereocenters. The first-order valence-corrected chi connectivity index (χ1v) is 7.36. The van der Waals surface area contributed by atoms with Crippen LogP contribution in [0, 0.1) is 0 Å². The van der Waals surface area contributed by atoms with Crippen molar-refractivity contribution >= 4 is 10.9 Å². The lowest BCUT2D eigenvalue weighted by Gasteiger charge is -2.06. The summed E-state index contributed by atoms with van der Waals surface area (Å²) in [5.74, 6) is 0.421. The van der Waals surface area contributed by atoms with Gasteiger partial charge in [-0.25, -0.2) is 9.67 Å². The van der Waals surface area contributed by atoms with Gasteiger partial charge in [0.2, 0.25) is 5.95 Å². The minimum Gasteiger partial charge on any atom is -0.290 e. The summed E-state index contributed by atoms with van der Waals surface area (Å²) < 4.78 is 1.55. The van der Waals surface area contributed by atoms with Crippen molar-refractivity contribution in [3.63, 3.8) is 0 Å². The molecular formula is C18H14N4O. The van der Waals surface area contributed by atoms with Crippen molar-refractivity contribution in [3.8, 4) is 5.95 Å². The van der Waals surface area contributed by atoms with Gasteiger partial charge in [-0.15, -0.1) is 0 Å². The van der Waals surface area contributed by atoms with Crippen molar-refractivity contribution in [1.82, 2.24) is 19.7 Å². The predicted molar refractivity (Wildman–Crippen MR) is 88.7 cm³/mol. The van der Waals surface area contributed by atoms with E-state index in [4.69, 9.17) is 0 Å². The third-order valence-corrected chi connectivity index (χ3v) is 3.73. The number of nitrogens with zero attached hydrogens (tertiary/aromatic N) is 3. The number of nitrogens with one attached hydrogen (secondary N) is 1. The summed E-state index contributed by atoms with van der Waals surface area (Å²) in [6.45, 7) is 0. The fraction of sp³-hybridized carbons (Fsp3) is 0.0556. The molecule has 0 unspecified atom stereocenters. The highest BCUT2D eigenvalue weighted by molar-refractivity contribution is 5.78. The number of fused-ring (bicyclic) bond motifs is 1. The predicted octanol–water partition coefficient (Wildman–Crippen LogP) is 2.70. The molecule has 2 aromatic heterocycles. The summed E-state index contributed by atoms with van der Waals surface area (Å²) in [7, 11) is 0. The Morgan fingerprint density at radius 1 is 1.00 bits per heavy atom. The van der Waals surface area contributed by atoms with Crippen LogP contribution in [0.1, 0.15) is 11.1 Å². The summed E-state index contributed by atoms with van der Waals surface area (Å²) in [5, 5.41) is 4.69. The highest BCUT2D eigenvalue weighted by Crippen LogP contribution is 2.15.